The molecule has 0 aromatic heterocycles. The van der Waals surface area contributed by atoms with Gasteiger partial charge in [-0.05, 0) is 25.1 Å². The predicted molar refractivity (Wildman–Crippen MR) is 68.3 cm³/mol. The van der Waals surface area contributed by atoms with Gasteiger partial charge in [-0.25, -0.2) is 0 Å². The van der Waals surface area contributed by atoms with E-state index in [4.69, 9.17) is 4.74 Å². The van der Waals surface area contributed by atoms with Crippen molar-refractivity contribution in [3.63, 3.8) is 0 Å². The minimum atomic E-state index is 0.0994. The van der Waals surface area contributed by atoms with Crippen LogP contribution in [0.1, 0.15) is 5.56 Å². The number of rotatable bonds is 6. The second kappa shape index (κ2) is 6.91. The second-order valence-corrected chi connectivity index (χ2v) is 3.91. The molecule has 0 heterocycles. The van der Waals surface area contributed by atoms with Gasteiger partial charge in [-0.1, -0.05) is 18.2 Å². The molecule has 0 radical (unpaired) electrons. The number of amides is 1. The number of methoxy groups -OCH3 is 1. The number of nitrogens with zero attached hydrogens (tertiary/aromatic N) is 1. The lowest BCUT2D eigenvalue weighted by Crippen LogP contribution is -2.35. The third-order valence-corrected chi connectivity index (χ3v) is 2.66. The highest BCUT2D eigenvalue weighted by Crippen LogP contribution is 2.17. The van der Waals surface area contributed by atoms with Crippen molar-refractivity contribution in [1.82, 2.24) is 10.2 Å². The fourth-order valence-electron chi connectivity index (χ4n) is 1.61. The van der Waals surface area contributed by atoms with Gasteiger partial charge in [-0.15, -0.1) is 0 Å². The zero-order valence-electron chi connectivity index (χ0n) is 10.7. The molecule has 1 rings (SSSR count). The Morgan fingerprint density at radius 2 is 2.12 bits per heavy atom. The molecule has 0 aliphatic heterocycles. The highest BCUT2D eigenvalue weighted by atomic mass is 16.5. The van der Waals surface area contributed by atoms with Crippen molar-refractivity contribution < 1.29 is 9.53 Å². The van der Waals surface area contributed by atoms with E-state index in [1.807, 2.05) is 31.3 Å². The molecule has 0 saturated heterocycles. The summed E-state index contributed by atoms with van der Waals surface area (Å²) in [6.45, 7) is 1.07. The molecule has 17 heavy (non-hydrogen) atoms. The number of para-hydroxylation sites is 1. The predicted octanol–water partition coefficient (Wildman–Crippen LogP) is 0.915. The number of ether oxygens (including phenoxy) is 1. The smallest absolute Gasteiger partial charge is 0.236 e. The zero-order valence-corrected chi connectivity index (χ0v) is 10.7. The Kier molecular flexibility index (Phi) is 5.49. The average Bonchev–Trinajstić information content (AvgIpc) is 2.36. The summed E-state index contributed by atoms with van der Waals surface area (Å²) in [6.07, 6.45) is 0.802. The van der Waals surface area contributed by atoms with E-state index in [1.165, 1.54) is 0 Å². The second-order valence-electron chi connectivity index (χ2n) is 3.91. The third-order valence-electron chi connectivity index (χ3n) is 2.66. The number of carbonyl (C=O) groups is 1. The molecule has 0 spiro atoms. The summed E-state index contributed by atoms with van der Waals surface area (Å²) in [4.78, 5) is 13.3. The van der Waals surface area contributed by atoms with Gasteiger partial charge in [0.25, 0.3) is 0 Å². The summed E-state index contributed by atoms with van der Waals surface area (Å²) in [5, 5.41) is 2.85. The molecule has 0 aliphatic carbocycles. The molecule has 0 aliphatic rings. The summed E-state index contributed by atoms with van der Waals surface area (Å²) in [5.74, 6) is 0.976. The molecule has 0 unspecified atom stereocenters. The SMILES string of the molecule is CNCC(=O)N(C)CCc1ccccc1OC. The van der Waals surface area contributed by atoms with Gasteiger partial charge >= 0.3 is 0 Å². The molecule has 4 nitrogen and oxygen atoms in total. The molecule has 0 bridgehead atoms. The maximum atomic E-state index is 11.6. The Morgan fingerprint density at radius 1 is 1.41 bits per heavy atom. The van der Waals surface area contributed by atoms with E-state index < -0.39 is 0 Å². The Hall–Kier alpha value is -1.55. The normalized spacial score (nSPS) is 10.1. The van der Waals surface area contributed by atoms with Crippen molar-refractivity contribution in [1.29, 1.82) is 0 Å². The van der Waals surface area contributed by atoms with E-state index in [0.29, 0.717) is 13.1 Å². The average molecular weight is 236 g/mol. The Labute approximate surface area is 103 Å². The molecule has 94 valence electrons. The quantitative estimate of drug-likeness (QED) is 0.798. The number of carbonyl (C=O) groups excluding carboxylic acids is 1. The van der Waals surface area contributed by atoms with Crippen molar-refractivity contribution in [2.45, 2.75) is 6.42 Å². The molecule has 0 atom stereocenters. The van der Waals surface area contributed by atoms with Crippen molar-refractivity contribution in [3.05, 3.63) is 29.8 Å². The summed E-state index contributed by atoms with van der Waals surface area (Å²) in [5.41, 5.74) is 1.12. The molecule has 1 aromatic rings. The molecule has 0 fully saturated rings. The van der Waals surface area contributed by atoms with Gasteiger partial charge in [0.15, 0.2) is 0 Å². The van der Waals surface area contributed by atoms with Crippen LogP contribution < -0.4 is 10.1 Å². The van der Waals surface area contributed by atoms with E-state index in [-0.39, 0.29) is 5.91 Å². The Balaban J connectivity index is 2.52. The van der Waals surface area contributed by atoms with Gasteiger partial charge in [0.2, 0.25) is 5.91 Å². The molecule has 0 saturated carbocycles. The minimum Gasteiger partial charge on any atom is -0.496 e. The van der Waals surface area contributed by atoms with Gasteiger partial charge in [0.1, 0.15) is 5.75 Å². The van der Waals surface area contributed by atoms with Crippen LogP contribution in [0.3, 0.4) is 0 Å². The number of hydrogen-bond acceptors (Lipinski definition) is 3. The van der Waals surface area contributed by atoms with Crippen LogP contribution >= 0.6 is 0 Å². The van der Waals surface area contributed by atoms with E-state index in [1.54, 1.807) is 19.1 Å². The lowest BCUT2D eigenvalue weighted by atomic mass is 10.1. The van der Waals surface area contributed by atoms with E-state index in [9.17, 15) is 4.79 Å². The molecular weight excluding hydrogens is 216 g/mol. The Bertz CT molecular complexity index is 366. The Morgan fingerprint density at radius 3 is 2.76 bits per heavy atom. The molecule has 1 aromatic carbocycles. The lowest BCUT2D eigenvalue weighted by Gasteiger charge is -2.17. The van der Waals surface area contributed by atoms with Gasteiger partial charge in [-0.2, -0.15) is 0 Å². The molecule has 1 amide bonds. The lowest BCUT2D eigenvalue weighted by molar-refractivity contribution is -0.128. The fourth-order valence-corrected chi connectivity index (χ4v) is 1.61. The zero-order chi connectivity index (χ0) is 12.7. The van der Waals surface area contributed by atoms with Crippen molar-refractivity contribution in [2.75, 3.05) is 34.3 Å². The first-order valence-electron chi connectivity index (χ1n) is 5.69. The van der Waals surface area contributed by atoms with Gasteiger partial charge < -0.3 is 15.0 Å². The molecule has 4 heteroatoms. The highest BCUT2D eigenvalue weighted by Gasteiger charge is 2.08. The fraction of sp³-hybridized carbons (Fsp3) is 0.462. The largest absolute Gasteiger partial charge is 0.496 e. The maximum absolute atomic E-state index is 11.6. The standard InChI is InChI=1S/C13H20N2O2/c1-14-10-13(16)15(2)9-8-11-6-4-5-7-12(11)17-3/h4-7,14H,8-10H2,1-3H3. The van der Waals surface area contributed by atoms with Crippen molar-refractivity contribution >= 4 is 5.91 Å². The summed E-state index contributed by atoms with van der Waals surface area (Å²) >= 11 is 0. The van der Waals surface area contributed by atoms with Gasteiger partial charge in [0, 0.05) is 13.6 Å². The summed E-state index contributed by atoms with van der Waals surface area (Å²) in [7, 11) is 5.25. The molecular formula is C13H20N2O2. The highest BCUT2D eigenvalue weighted by molar-refractivity contribution is 5.77. The van der Waals surface area contributed by atoms with E-state index in [2.05, 4.69) is 5.32 Å². The van der Waals surface area contributed by atoms with Crippen LogP contribution in [0.2, 0.25) is 0 Å². The number of hydrogen-bond donors (Lipinski definition) is 1. The van der Waals surface area contributed by atoms with E-state index >= 15 is 0 Å². The van der Waals surface area contributed by atoms with Crippen molar-refractivity contribution in [2.24, 2.45) is 0 Å². The number of likely N-dealkylation sites (N-methyl/N-ethyl adjacent to an activating group) is 2. The molecule has 1 N–H and O–H groups in total. The minimum absolute atomic E-state index is 0.0994. The third kappa shape index (κ3) is 4.07. The maximum Gasteiger partial charge on any atom is 0.236 e. The first-order chi connectivity index (χ1) is 8.19. The summed E-state index contributed by atoms with van der Waals surface area (Å²) < 4.78 is 5.27. The van der Waals surface area contributed by atoms with Crippen LogP contribution in [0.4, 0.5) is 0 Å². The summed E-state index contributed by atoms with van der Waals surface area (Å²) in [6, 6.07) is 7.88. The van der Waals surface area contributed by atoms with Crippen molar-refractivity contribution in [3.8, 4) is 5.75 Å². The van der Waals surface area contributed by atoms with Crippen LogP contribution in [-0.4, -0.2) is 45.1 Å². The first kappa shape index (κ1) is 13.5. The van der Waals surface area contributed by atoms with Crippen LogP contribution in [-0.2, 0) is 11.2 Å². The van der Waals surface area contributed by atoms with E-state index in [0.717, 1.165) is 17.7 Å². The van der Waals surface area contributed by atoms with Crippen LogP contribution in [0, 0.1) is 0 Å². The van der Waals surface area contributed by atoms with Gasteiger partial charge in [-0.3, -0.25) is 4.79 Å². The number of benzene rings is 1. The number of nitrogens with one attached hydrogen (secondary N) is 1. The van der Waals surface area contributed by atoms with Crippen LogP contribution in [0.5, 0.6) is 5.75 Å². The monoisotopic (exact) mass is 236 g/mol. The van der Waals surface area contributed by atoms with Crippen LogP contribution in [0.15, 0.2) is 24.3 Å². The van der Waals surface area contributed by atoms with Gasteiger partial charge in [0.05, 0.1) is 13.7 Å². The topological polar surface area (TPSA) is 41.6 Å². The first-order valence-corrected chi connectivity index (χ1v) is 5.69. The van der Waals surface area contributed by atoms with Crippen LogP contribution in [0.25, 0.3) is 0 Å².